The van der Waals surface area contributed by atoms with Gasteiger partial charge >= 0.3 is 0 Å². The van der Waals surface area contributed by atoms with Gasteiger partial charge in [-0.15, -0.1) is 0 Å². The Bertz CT molecular complexity index is 109. The highest BCUT2D eigenvalue weighted by molar-refractivity contribution is 4.59. The second-order valence-corrected chi connectivity index (χ2v) is 4.32. The number of nitrogens with two attached hydrogens (primary N) is 1. The summed E-state index contributed by atoms with van der Waals surface area (Å²) in [7, 11) is 0. The highest BCUT2D eigenvalue weighted by Gasteiger charge is 2.03. The number of rotatable bonds is 9. The van der Waals surface area contributed by atoms with Crippen molar-refractivity contribution >= 4 is 0 Å². The molecule has 0 aliphatic carbocycles. The topological polar surface area (TPSA) is 29.3 Å². The first-order valence-electron chi connectivity index (χ1n) is 6.16. The first kappa shape index (κ1) is 13.9. The minimum absolute atomic E-state index is 0.695. The van der Waals surface area contributed by atoms with Crippen molar-refractivity contribution in [3.63, 3.8) is 0 Å². The fourth-order valence-corrected chi connectivity index (χ4v) is 1.75. The van der Waals surface area contributed by atoms with Gasteiger partial charge in [-0.3, -0.25) is 0 Å². The second kappa shape index (κ2) is 9.47. The number of hydrogen-bond acceptors (Lipinski definition) is 2. The molecular formula is C12H28N2. The molecule has 1 atom stereocenters. The van der Waals surface area contributed by atoms with Crippen LogP contribution in [-0.4, -0.2) is 31.1 Å². The zero-order chi connectivity index (χ0) is 10.8. The molecule has 0 rings (SSSR count). The normalized spacial score (nSPS) is 13.5. The van der Waals surface area contributed by atoms with Crippen molar-refractivity contribution in [2.75, 3.05) is 26.2 Å². The van der Waals surface area contributed by atoms with Gasteiger partial charge in [0.2, 0.25) is 0 Å². The third kappa shape index (κ3) is 7.34. The molecule has 2 heteroatoms. The lowest BCUT2D eigenvalue weighted by atomic mass is 10.1. The zero-order valence-corrected chi connectivity index (χ0v) is 10.3. The monoisotopic (exact) mass is 200 g/mol. The quantitative estimate of drug-likeness (QED) is 0.619. The summed E-state index contributed by atoms with van der Waals surface area (Å²) < 4.78 is 0. The van der Waals surface area contributed by atoms with Crippen LogP contribution in [0, 0.1) is 5.92 Å². The standard InChI is InChI=1S/C12H28N2/c1-4-8-14(9-5-2)10-6-7-12(3)11-13/h12H,4-11,13H2,1-3H3. The number of nitrogens with zero attached hydrogens (tertiary/aromatic N) is 1. The molecule has 0 bridgehead atoms. The van der Waals surface area contributed by atoms with Gasteiger partial charge in [0, 0.05) is 0 Å². The molecule has 0 spiro atoms. The summed E-state index contributed by atoms with van der Waals surface area (Å²) in [6.45, 7) is 11.4. The van der Waals surface area contributed by atoms with Gasteiger partial charge in [-0.1, -0.05) is 20.8 Å². The molecular weight excluding hydrogens is 172 g/mol. The van der Waals surface area contributed by atoms with Crippen LogP contribution >= 0.6 is 0 Å². The fourth-order valence-electron chi connectivity index (χ4n) is 1.75. The van der Waals surface area contributed by atoms with E-state index in [9.17, 15) is 0 Å². The van der Waals surface area contributed by atoms with Crippen molar-refractivity contribution < 1.29 is 0 Å². The van der Waals surface area contributed by atoms with Crippen LogP contribution in [0.2, 0.25) is 0 Å². The molecule has 0 saturated heterocycles. The van der Waals surface area contributed by atoms with E-state index in [2.05, 4.69) is 25.7 Å². The Kier molecular flexibility index (Phi) is 9.42. The van der Waals surface area contributed by atoms with Crippen LogP contribution < -0.4 is 5.73 Å². The molecule has 14 heavy (non-hydrogen) atoms. The summed E-state index contributed by atoms with van der Waals surface area (Å²) >= 11 is 0. The Labute approximate surface area is 89.9 Å². The van der Waals surface area contributed by atoms with Gasteiger partial charge < -0.3 is 10.6 Å². The van der Waals surface area contributed by atoms with E-state index in [1.807, 2.05) is 0 Å². The fraction of sp³-hybridized carbons (Fsp3) is 1.00. The summed E-state index contributed by atoms with van der Waals surface area (Å²) in [4.78, 5) is 2.57. The molecule has 0 aromatic rings. The van der Waals surface area contributed by atoms with Crippen molar-refractivity contribution in [3.8, 4) is 0 Å². The minimum atomic E-state index is 0.695. The van der Waals surface area contributed by atoms with Gasteiger partial charge in [0.05, 0.1) is 0 Å². The van der Waals surface area contributed by atoms with E-state index >= 15 is 0 Å². The molecule has 0 fully saturated rings. The van der Waals surface area contributed by atoms with E-state index in [0.717, 1.165) is 6.54 Å². The smallest absolute Gasteiger partial charge is 0.00186 e. The van der Waals surface area contributed by atoms with Gasteiger partial charge in [0.1, 0.15) is 0 Å². The highest BCUT2D eigenvalue weighted by Crippen LogP contribution is 2.05. The molecule has 2 N–H and O–H groups in total. The highest BCUT2D eigenvalue weighted by atomic mass is 15.1. The maximum absolute atomic E-state index is 5.59. The van der Waals surface area contributed by atoms with Crippen LogP contribution in [0.25, 0.3) is 0 Å². The Balaban J connectivity index is 3.49. The molecule has 86 valence electrons. The maximum atomic E-state index is 5.59. The SMILES string of the molecule is CCCN(CCC)CCCC(C)CN. The van der Waals surface area contributed by atoms with Crippen molar-refractivity contribution in [3.05, 3.63) is 0 Å². The third-order valence-electron chi connectivity index (χ3n) is 2.65. The Morgan fingerprint density at radius 1 is 1.07 bits per heavy atom. The molecule has 0 aromatic carbocycles. The van der Waals surface area contributed by atoms with Crippen molar-refractivity contribution in [1.82, 2.24) is 4.90 Å². The van der Waals surface area contributed by atoms with Gasteiger partial charge in [0.15, 0.2) is 0 Å². The van der Waals surface area contributed by atoms with Gasteiger partial charge in [-0.25, -0.2) is 0 Å². The van der Waals surface area contributed by atoms with Crippen LogP contribution in [0.4, 0.5) is 0 Å². The summed E-state index contributed by atoms with van der Waals surface area (Å²) in [6, 6.07) is 0. The van der Waals surface area contributed by atoms with Crippen LogP contribution in [-0.2, 0) is 0 Å². The largest absolute Gasteiger partial charge is 0.330 e. The molecule has 0 aliphatic heterocycles. The molecule has 0 saturated carbocycles. The predicted octanol–water partition coefficient (Wildman–Crippen LogP) is 2.48. The summed E-state index contributed by atoms with van der Waals surface area (Å²) in [5, 5.41) is 0. The maximum Gasteiger partial charge on any atom is -0.00186 e. The van der Waals surface area contributed by atoms with Crippen molar-refractivity contribution in [1.29, 1.82) is 0 Å². The Morgan fingerprint density at radius 3 is 2.07 bits per heavy atom. The van der Waals surface area contributed by atoms with Crippen molar-refractivity contribution in [2.24, 2.45) is 11.7 Å². The lowest BCUT2D eigenvalue weighted by Crippen LogP contribution is -2.27. The van der Waals surface area contributed by atoms with Crippen LogP contribution in [0.5, 0.6) is 0 Å². The first-order chi connectivity index (χ1) is 6.74. The molecule has 0 aromatic heterocycles. The molecule has 0 heterocycles. The van der Waals surface area contributed by atoms with Crippen molar-refractivity contribution in [2.45, 2.75) is 46.5 Å². The van der Waals surface area contributed by atoms with E-state index in [4.69, 9.17) is 5.73 Å². The second-order valence-electron chi connectivity index (χ2n) is 4.32. The third-order valence-corrected chi connectivity index (χ3v) is 2.65. The number of hydrogen-bond donors (Lipinski definition) is 1. The lowest BCUT2D eigenvalue weighted by molar-refractivity contribution is 0.263. The first-order valence-corrected chi connectivity index (χ1v) is 6.16. The molecule has 2 nitrogen and oxygen atoms in total. The van der Waals surface area contributed by atoms with Crippen LogP contribution in [0.1, 0.15) is 46.5 Å². The summed E-state index contributed by atoms with van der Waals surface area (Å²) in [5.74, 6) is 0.695. The van der Waals surface area contributed by atoms with E-state index in [-0.39, 0.29) is 0 Å². The minimum Gasteiger partial charge on any atom is -0.330 e. The van der Waals surface area contributed by atoms with Gasteiger partial charge in [-0.2, -0.15) is 0 Å². The summed E-state index contributed by atoms with van der Waals surface area (Å²) in [5.41, 5.74) is 5.59. The zero-order valence-electron chi connectivity index (χ0n) is 10.3. The molecule has 0 aliphatic rings. The van der Waals surface area contributed by atoms with E-state index in [0.29, 0.717) is 5.92 Å². The lowest BCUT2D eigenvalue weighted by Gasteiger charge is -2.21. The average molecular weight is 200 g/mol. The summed E-state index contributed by atoms with van der Waals surface area (Å²) in [6.07, 6.45) is 5.12. The van der Waals surface area contributed by atoms with Gasteiger partial charge in [0.25, 0.3) is 0 Å². The predicted molar refractivity (Wildman–Crippen MR) is 64.5 cm³/mol. The Morgan fingerprint density at radius 2 is 1.64 bits per heavy atom. The molecule has 1 unspecified atom stereocenters. The Hall–Kier alpha value is -0.0800. The average Bonchev–Trinajstić information content (AvgIpc) is 2.18. The molecule has 0 radical (unpaired) electrons. The van der Waals surface area contributed by atoms with E-state index < -0.39 is 0 Å². The van der Waals surface area contributed by atoms with Gasteiger partial charge in [-0.05, 0) is 57.8 Å². The van der Waals surface area contributed by atoms with E-state index in [1.54, 1.807) is 0 Å². The van der Waals surface area contributed by atoms with E-state index in [1.165, 1.54) is 45.3 Å². The van der Waals surface area contributed by atoms with Crippen LogP contribution in [0.3, 0.4) is 0 Å². The molecule has 0 amide bonds. The van der Waals surface area contributed by atoms with Crippen LogP contribution in [0.15, 0.2) is 0 Å².